The normalized spacial score (nSPS) is 19.3. The van der Waals surface area contributed by atoms with Crippen molar-refractivity contribution in [1.82, 2.24) is 4.90 Å². The van der Waals surface area contributed by atoms with Crippen LogP contribution in [0.5, 0.6) is 0 Å². The molecule has 1 heterocycles. The minimum absolute atomic E-state index is 0.0464. The summed E-state index contributed by atoms with van der Waals surface area (Å²) in [4.78, 5) is 15.4. The molecule has 1 unspecified atom stereocenters. The Morgan fingerprint density at radius 2 is 2.12 bits per heavy atom. The summed E-state index contributed by atoms with van der Waals surface area (Å²) in [5.41, 5.74) is 0. The number of thioether (sulfide) groups is 1. The van der Waals surface area contributed by atoms with Crippen LogP contribution in [0.2, 0.25) is 5.02 Å². The van der Waals surface area contributed by atoms with Crippen molar-refractivity contribution < 1.29 is 13.2 Å². The summed E-state index contributed by atoms with van der Waals surface area (Å²) in [7, 11) is -2.98. The first-order valence-electron chi connectivity index (χ1n) is 8.30. The average Bonchev–Trinajstić information content (AvgIpc) is 2.89. The van der Waals surface area contributed by atoms with Gasteiger partial charge in [-0.1, -0.05) is 37.1 Å². The molecule has 1 aromatic carbocycles. The monoisotopic (exact) mass is 389 g/mol. The van der Waals surface area contributed by atoms with Crippen molar-refractivity contribution in [2.45, 2.75) is 43.5 Å². The minimum Gasteiger partial charge on any atom is -0.339 e. The third kappa shape index (κ3) is 5.67. The number of rotatable bonds is 8. The predicted molar refractivity (Wildman–Crippen MR) is 100 cm³/mol. The highest BCUT2D eigenvalue weighted by Crippen LogP contribution is 2.27. The molecule has 0 aromatic heterocycles. The molecule has 7 heteroatoms. The van der Waals surface area contributed by atoms with Gasteiger partial charge in [-0.3, -0.25) is 4.79 Å². The molecule has 0 saturated carbocycles. The molecule has 24 heavy (non-hydrogen) atoms. The van der Waals surface area contributed by atoms with Crippen molar-refractivity contribution in [2.24, 2.45) is 0 Å². The minimum atomic E-state index is -2.98. The maximum absolute atomic E-state index is 12.6. The fourth-order valence-corrected chi connectivity index (χ4v) is 5.72. The van der Waals surface area contributed by atoms with E-state index in [1.54, 1.807) is 16.7 Å². The zero-order chi connectivity index (χ0) is 17.6. The van der Waals surface area contributed by atoms with E-state index in [0.717, 1.165) is 17.7 Å². The number of benzene rings is 1. The third-order valence-electron chi connectivity index (χ3n) is 4.13. The van der Waals surface area contributed by atoms with Gasteiger partial charge in [-0.15, -0.1) is 11.8 Å². The fraction of sp³-hybridized carbons (Fsp3) is 0.588. The molecule has 1 amide bonds. The number of carbonyl (C=O) groups excluding carboxylic acids is 1. The summed E-state index contributed by atoms with van der Waals surface area (Å²) in [6.45, 7) is 2.72. The van der Waals surface area contributed by atoms with Crippen LogP contribution >= 0.6 is 23.4 Å². The van der Waals surface area contributed by atoms with Crippen LogP contribution < -0.4 is 0 Å². The van der Waals surface area contributed by atoms with E-state index in [0.29, 0.717) is 30.2 Å². The average molecular weight is 390 g/mol. The lowest BCUT2D eigenvalue weighted by atomic mass is 10.2. The van der Waals surface area contributed by atoms with Gasteiger partial charge in [0, 0.05) is 29.7 Å². The van der Waals surface area contributed by atoms with Crippen LogP contribution in [0.15, 0.2) is 29.2 Å². The van der Waals surface area contributed by atoms with E-state index < -0.39 is 9.84 Å². The number of hydrogen-bond donors (Lipinski definition) is 0. The second-order valence-electron chi connectivity index (χ2n) is 6.03. The Hall–Kier alpha value is -0.720. The van der Waals surface area contributed by atoms with Gasteiger partial charge >= 0.3 is 0 Å². The van der Waals surface area contributed by atoms with Gasteiger partial charge < -0.3 is 4.90 Å². The molecule has 2 rings (SSSR count). The lowest BCUT2D eigenvalue weighted by Crippen LogP contribution is -2.41. The van der Waals surface area contributed by atoms with Crippen LogP contribution in [0.4, 0.5) is 0 Å². The molecule has 1 aromatic rings. The molecule has 0 N–H and O–H groups in total. The fourth-order valence-electron chi connectivity index (χ4n) is 2.81. The first kappa shape index (κ1) is 19.6. The molecule has 0 radical (unpaired) electrons. The number of carbonyl (C=O) groups is 1. The quantitative estimate of drug-likeness (QED) is 0.637. The molecule has 1 fully saturated rings. The van der Waals surface area contributed by atoms with Gasteiger partial charge in [0.15, 0.2) is 9.84 Å². The van der Waals surface area contributed by atoms with Gasteiger partial charge in [0.05, 0.1) is 16.5 Å². The van der Waals surface area contributed by atoms with Crippen molar-refractivity contribution in [3.05, 3.63) is 29.3 Å². The zero-order valence-electron chi connectivity index (χ0n) is 13.9. The second-order valence-corrected chi connectivity index (χ2v) is 9.80. The molecule has 1 aliphatic rings. The van der Waals surface area contributed by atoms with Crippen LogP contribution in [0.1, 0.15) is 32.6 Å². The van der Waals surface area contributed by atoms with Crippen LogP contribution in [0, 0.1) is 0 Å². The molecule has 0 spiro atoms. The summed E-state index contributed by atoms with van der Waals surface area (Å²) in [5, 5.41) is 0.694. The first-order chi connectivity index (χ1) is 11.4. The van der Waals surface area contributed by atoms with Gasteiger partial charge in [-0.05, 0) is 25.0 Å². The lowest BCUT2D eigenvalue weighted by molar-refractivity contribution is -0.132. The van der Waals surface area contributed by atoms with Gasteiger partial charge in [-0.25, -0.2) is 8.42 Å². The standard InChI is InChI=1S/C17H24ClNO3S2/c1-2-3-10-19(14-9-12-24(21,22)13-14)17(20)8-11-23-16-7-5-4-6-15(16)18/h4-7,14H,2-3,8-13H2,1H3. The summed E-state index contributed by atoms with van der Waals surface area (Å²) in [6.07, 6.45) is 2.85. The zero-order valence-corrected chi connectivity index (χ0v) is 16.3. The van der Waals surface area contributed by atoms with E-state index in [2.05, 4.69) is 6.92 Å². The molecular formula is C17H24ClNO3S2. The third-order valence-corrected chi connectivity index (χ3v) is 7.40. The van der Waals surface area contributed by atoms with Crippen molar-refractivity contribution >= 4 is 39.1 Å². The summed E-state index contributed by atoms with van der Waals surface area (Å²) < 4.78 is 23.4. The molecule has 0 bridgehead atoms. The Morgan fingerprint density at radius 1 is 1.38 bits per heavy atom. The molecule has 0 aliphatic carbocycles. The number of unbranched alkanes of at least 4 members (excludes halogenated alkanes) is 1. The number of sulfone groups is 1. The van der Waals surface area contributed by atoms with Crippen molar-refractivity contribution in [1.29, 1.82) is 0 Å². The molecule has 1 atom stereocenters. The lowest BCUT2D eigenvalue weighted by Gasteiger charge is -2.28. The Kier molecular flexibility index (Phi) is 7.44. The van der Waals surface area contributed by atoms with Crippen molar-refractivity contribution in [2.75, 3.05) is 23.8 Å². The van der Waals surface area contributed by atoms with E-state index in [9.17, 15) is 13.2 Å². The highest BCUT2D eigenvalue weighted by molar-refractivity contribution is 7.99. The number of nitrogens with zero attached hydrogens (tertiary/aromatic N) is 1. The molecule has 134 valence electrons. The Balaban J connectivity index is 1.91. The highest BCUT2D eigenvalue weighted by atomic mass is 35.5. The molecular weight excluding hydrogens is 366 g/mol. The van der Waals surface area contributed by atoms with Gasteiger partial charge in [0.25, 0.3) is 0 Å². The molecule has 4 nitrogen and oxygen atoms in total. The summed E-state index contributed by atoms with van der Waals surface area (Å²) in [5.74, 6) is 0.998. The molecule has 1 saturated heterocycles. The van der Waals surface area contributed by atoms with Crippen molar-refractivity contribution in [3.63, 3.8) is 0 Å². The van der Waals surface area contributed by atoms with Crippen LogP contribution in [-0.4, -0.2) is 49.1 Å². The second kappa shape index (κ2) is 9.11. The van der Waals surface area contributed by atoms with Crippen molar-refractivity contribution in [3.8, 4) is 0 Å². The molecule has 1 aliphatic heterocycles. The SMILES string of the molecule is CCCCN(C(=O)CCSc1ccccc1Cl)C1CCS(=O)(=O)C1. The van der Waals surface area contributed by atoms with Gasteiger partial charge in [0.2, 0.25) is 5.91 Å². The number of hydrogen-bond acceptors (Lipinski definition) is 4. The highest BCUT2D eigenvalue weighted by Gasteiger charge is 2.34. The van der Waals surface area contributed by atoms with E-state index in [1.807, 2.05) is 24.3 Å². The van der Waals surface area contributed by atoms with Crippen LogP contribution in [0.25, 0.3) is 0 Å². The number of amides is 1. The van der Waals surface area contributed by atoms with E-state index >= 15 is 0 Å². The van der Waals surface area contributed by atoms with Crippen LogP contribution in [-0.2, 0) is 14.6 Å². The Bertz CT molecular complexity index is 664. The predicted octanol–water partition coefficient (Wildman–Crippen LogP) is 3.64. The van der Waals surface area contributed by atoms with E-state index in [-0.39, 0.29) is 23.5 Å². The van der Waals surface area contributed by atoms with Gasteiger partial charge in [-0.2, -0.15) is 0 Å². The van der Waals surface area contributed by atoms with E-state index in [1.165, 1.54) is 0 Å². The number of halogens is 1. The van der Waals surface area contributed by atoms with Gasteiger partial charge in [0.1, 0.15) is 0 Å². The summed E-state index contributed by atoms with van der Waals surface area (Å²) in [6, 6.07) is 7.43. The first-order valence-corrected chi connectivity index (χ1v) is 11.5. The van der Waals surface area contributed by atoms with E-state index in [4.69, 9.17) is 11.6 Å². The maximum atomic E-state index is 12.6. The smallest absolute Gasteiger partial charge is 0.223 e. The Morgan fingerprint density at radius 3 is 2.75 bits per heavy atom. The summed E-state index contributed by atoms with van der Waals surface area (Å²) >= 11 is 7.68. The maximum Gasteiger partial charge on any atom is 0.223 e. The van der Waals surface area contributed by atoms with Crippen LogP contribution in [0.3, 0.4) is 0 Å². The Labute approximate surface area is 153 Å². The topological polar surface area (TPSA) is 54.5 Å². The largest absolute Gasteiger partial charge is 0.339 e.